The Morgan fingerprint density at radius 3 is 2.42 bits per heavy atom. The van der Waals surface area contributed by atoms with Gasteiger partial charge in [-0.05, 0) is 61.5 Å². The van der Waals surface area contributed by atoms with E-state index >= 15 is 0 Å². The number of aryl methyl sites for hydroxylation is 1. The Hall–Kier alpha value is -4.20. The van der Waals surface area contributed by atoms with Crippen molar-refractivity contribution in [3.8, 4) is 17.1 Å². The number of nitrogens with one attached hydrogen (secondary N) is 1. The van der Waals surface area contributed by atoms with Gasteiger partial charge < -0.3 is 15.3 Å². The lowest BCUT2D eigenvalue weighted by atomic mass is 10.1. The number of aromatic nitrogens is 2. The molecule has 1 aromatic heterocycles. The van der Waals surface area contributed by atoms with Crippen LogP contribution in [0.4, 0.5) is 9.18 Å². The number of benzene rings is 3. The molecule has 0 fully saturated rings. The van der Waals surface area contributed by atoms with Crippen LogP contribution in [-0.2, 0) is 0 Å². The summed E-state index contributed by atoms with van der Waals surface area (Å²) in [5, 5.41) is 10.9. The number of likely N-dealkylation sites (N-methyl/N-ethyl adjacent to an activating group) is 1. The lowest BCUT2D eigenvalue weighted by Gasteiger charge is -2.17. The van der Waals surface area contributed by atoms with Crippen molar-refractivity contribution in [3.05, 3.63) is 83.7 Å². The summed E-state index contributed by atoms with van der Waals surface area (Å²) in [6, 6.07) is 19.4. The molecule has 7 nitrogen and oxygen atoms in total. The fourth-order valence-corrected chi connectivity index (χ4v) is 3.61. The van der Waals surface area contributed by atoms with Gasteiger partial charge in [-0.25, -0.2) is 14.2 Å². The lowest BCUT2D eigenvalue weighted by Crippen LogP contribution is -2.35. The molecule has 0 atom stereocenters. The first-order valence-electron chi connectivity index (χ1n) is 10.4. The van der Waals surface area contributed by atoms with Gasteiger partial charge in [0.1, 0.15) is 11.6 Å². The van der Waals surface area contributed by atoms with Crippen molar-refractivity contribution >= 4 is 23.0 Å². The van der Waals surface area contributed by atoms with E-state index in [1.54, 1.807) is 31.3 Å². The molecule has 0 radical (unpaired) electrons. The fraction of sp³-hybridized carbons (Fsp3) is 0.160. The third-order valence-electron chi connectivity index (χ3n) is 5.37. The zero-order valence-corrected chi connectivity index (χ0v) is 18.2. The minimum absolute atomic E-state index is 0.135. The maximum absolute atomic E-state index is 13.5. The number of nitrogens with zero attached hydrogens (tertiary/aromatic N) is 3. The summed E-state index contributed by atoms with van der Waals surface area (Å²) in [4.78, 5) is 29.7. The monoisotopic (exact) mass is 446 g/mol. The van der Waals surface area contributed by atoms with Crippen molar-refractivity contribution in [1.82, 2.24) is 19.8 Å². The maximum Gasteiger partial charge on any atom is 0.404 e. The van der Waals surface area contributed by atoms with Crippen LogP contribution in [0, 0.1) is 12.7 Å². The Labute approximate surface area is 190 Å². The second-order valence-electron chi connectivity index (χ2n) is 7.78. The van der Waals surface area contributed by atoms with Gasteiger partial charge in [0, 0.05) is 37.0 Å². The first-order valence-corrected chi connectivity index (χ1v) is 10.4. The molecule has 168 valence electrons. The highest BCUT2D eigenvalue weighted by atomic mass is 19.1. The lowest BCUT2D eigenvalue weighted by molar-refractivity contribution is 0.0795. The number of hydrogen-bond acceptors (Lipinski definition) is 3. The van der Waals surface area contributed by atoms with Crippen LogP contribution in [0.5, 0.6) is 0 Å². The van der Waals surface area contributed by atoms with Gasteiger partial charge in [-0.1, -0.05) is 17.7 Å². The van der Waals surface area contributed by atoms with Gasteiger partial charge in [0.2, 0.25) is 0 Å². The van der Waals surface area contributed by atoms with E-state index in [9.17, 15) is 14.0 Å². The third kappa shape index (κ3) is 4.69. The fourth-order valence-electron chi connectivity index (χ4n) is 3.61. The van der Waals surface area contributed by atoms with Crippen molar-refractivity contribution in [2.75, 3.05) is 20.1 Å². The minimum Gasteiger partial charge on any atom is -0.465 e. The van der Waals surface area contributed by atoms with E-state index < -0.39 is 6.09 Å². The Balaban J connectivity index is 1.76. The largest absolute Gasteiger partial charge is 0.465 e. The van der Waals surface area contributed by atoms with Crippen molar-refractivity contribution in [2.24, 2.45) is 0 Å². The topological polar surface area (TPSA) is 87.5 Å². The van der Waals surface area contributed by atoms with Gasteiger partial charge in [-0.3, -0.25) is 9.36 Å². The number of carbonyl (C=O) groups is 2. The van der Waals surface area contributed by atoms with Gasteiger partial charge in [0.25, 0.3) is 5.91 Å². The van der Waals surface area contributed by atoms with Crippen LogP contribution in [0.25, 0.3) is 28.1 Å². The maximum atomic E-state index is 13.5. The van der Waals surface area contributed by atoms with E-state index in [0.717, 1.165) is 22.3 Å². The van der Waals surface area contributed by atoms with Gasteiger partial charge in [0.05, 0.1) is 11.0 Å². The van der Waals surface area contributed by atoms with E-state index in [4.69, 9.17) is 10.1 Å². The van der Waals surface area contributed by atoms with Gasteiger partial charge in [-0.2, -0.15) is 0 Å². The molecule has 0 unspecified atom stereocenters. The Kier molecular flexibility index (Phi) is 6.08. The van der Waals surface area contributed by atoms with Gasteiger partial charge in [-0.15, -0.1) is 0 Å². The number of fused-ring (bicyclic) bond motifs is 1. The SMILES string of the molecule is Cc1ccc(-n2c(-c3ccc(F)cc3)nc3cc(C(=O)N(C)CCNC(=O)O)ccc32)cc1. The third-order valence-corrected chi connectivity index (χ3v) is 5.37. The summed E-state index contributed by atoms with van der Waals surface area (Å²) < 4.78 is 15.5. The quantitative estimate of drug-likeness (QED) is 0.457. The van der Waals surface area contributed by atoms with Crippen LogP contribution in [0.15, 0.2) is 66.7 Å². The molecule has 0 bridgehead atoms. The molecule has 2 N–H and O–H groups in total. The van der Waals surface area contributed by atoms with Crippen LogP contribution in [-0.4, -0.2) is 51.7 Å². The summed E-state index contributed by atoms with van der Waals surface area (Å²) in [6.07, 6.45) is -1.13. The van der Waals surface area contributed by atoms with Crippen LogP contribution in [0.2, 0.25) is 0 Å². The molecule has 8 heteroatoms. The summed E-state index contributed by atoms with van der Waals surface area (Å²) in [5.41, 5.74) is 4.65. The van der Waals surface area contributed by atoms with E-state index in [-0.39, 0.29) is 24.8 Å². The van der Waals surface area contributed by atoms with Crippen molar-refractivity contribution in [3.63, 3.8) is 0 Å². The number of amides is 2. The van der Waals surface area contributed by atoms with Crippen LogP contribution in [0.1, 0.15) is 15.9 Å². The van der Waals surface area contributed by atoms with Crippen LogP contribution >= 0.6 is 0 Å². The van der Waals surface area contributed by atoms with E-state index in [0.29, 0.717) is 16.9 Å². The molecule has 4 aromatic rings. The second-order valence-corrected chi connectivity index (χ2v) is 7.78. The van der Waals surface area contributed by atoms with E-state index in [1.807, 2.05) is 41.8 Å². The summed E-state index contributed by atoms with van der Waals surface area (Å²) >= 11 is 0. The number of hydrogen-bond donors (Lipinski definition) is 2. The average Bonchev–Trinajstić information content (AvgIpc) is 3.18. The zero-order chi connectivity index (χ0) is 23.5. The highest BCUT2D eigenvalue weighted by Gasteiger charge is 2.18. The molecule has 0 saturated carbocycles. The molecule has 4 rings (SSSR count). The molecule has 0 aliphatic carbocycles. The summed E-state index contributed by atoms with van der Waals surface area (Å²) in [5.74, 6) is 0.0693. The zero-order valence-electron chi connectivity index (χ0n) is 18.2. The highest BCUT2D eigenvalue weighted by Crippen LogP contribution is 2.29. The predicted octanol–water partition coefficient (Wildman–Crippen LogP) is 4.48. The summed E-state index contributed by atoms with van der Waals surface area (Å²) in [7, 11) is 1.62. The van der Waals surface area contributed by atoms with Gasteiger partial charge in [0.15, 0.2) is 0 Å². The Morgan fingerprint density at radius 1 is 1.06 bits per heavy atom. The summed E-state index contributed by atoms with van der Waals surface area (Å²) in [6.45, 7) is 2.38. The van der Waals surface area contributed by atoms with E-state index in [2.05, 4.69) is 5.32 Å². The second kappa shape index (κ2) is 9.12. The average molecular weight is 446 g/mol. The number of carboxylic acid groups (broad SMARTS) is 1. The number of imidazole rings is 1. The van der Waals surface area contributed by atoms with Crippen LogP contribution in [0.3, 0.4) is 0 Å². The first-order chi connectivity index (χ1) is 15.8. The molecule has 0 spiro atoms. The highest BCUT2D eigenvalue weighted by molar-refractivity contribution is 5.98. The molecular weight excluding hydrogens is 423 g/mol. The molecule has 2 amide bonds. The molecule has 3 aromatic carbocycles. The standard InChI is InChI=1S/C25H23FN4O3/c1-16-3-10-20(11-4-16)30-22-12-7-18(24(31)29(2)14-13-27-25(32)33)15-21(22)28-23(30)17-5-8-19(26)9-6-17/h3-12,15,27H,13-14H2,1-2H3,(H,32,33). The van der Waals surface area contributed by atoms with Crippen molar-refractivity contribution in [1.29, 1.82) is 0 Å². The molecule has 0 saturated heterocycles. The van der Waals surface area contributed by atoms with Crippen LogP contribution < -0.4 is 5.32 Å². The number of rotatable bonds is 6. The molecule has 33 heavy (non-hydrogen) atoms. The Morgan fingerprint density at radius 2 is 1.76 bits per heavy atom. The normalized spacial score (nSPS) is 10.9. The predicted molar refractivity (Wildman–Crippen MR) is 124 cm³/mol. The minimum atomic E-state index is -1.13. The number of carbonyl (C=O) groups excluding carboxylic acids is 1. The van der Waals surface area contributed by atoms with Crippen molar-refractivity contribution in [2.45, 2.75) is 6.92 Å². The Bertz CT molecular complexity index is 1310. The molecule has 1 heterocycles. The van der Waals surface area contributed by atoms with Gasteiger partial charge >= 0.3 is 6.09 Å². The first kappa shape index (κ1) is 22.0. The number of halogens is 1. The van der Waals surface area contributed by atoms with E-state index in [1.165, 1.54) is 17.0 Å². The molecular formula is C25H23FN4O3. The smallest absolute Gasteiger partial charge is 0.404 e. The van der Waals surface area contributed by atoms with Crippen molar-refractivity contribution < 1.29 is 19.1 Å². The molecule has 0 aliphatic rings. The molecule has 0 aliphatic heterocycles.